The van der Waals surface area contributed by atoms with Gasteiger partial charge in [0.15, 0.2) is 0 Å². The Morgan fingerprint density at radius 2 is 1.90 bits per heavy atom. The van der Waals surface area contributed by atoms with E-state index in [1.165, 1.54) is 50.5 Å². The first-order valence-electron chi connectivity index (χ1n) is 8.71. The first kappa shape index (κ1) is 15.1. The van der Waals surface area contributed by atoms with Crippen molar-refractivity contribution in [2.75, 3.05) is 13.7 Å². The third-order valence-corrected chi connectivity index (χ3v) is 5.55. The molecule has 0 aromatic heterocycles. The van der Waals surface area contributed by atoms with Gasteiger partial charge < -0.3 is 10.1 Å². The number of likely N-dealkylation sites (N-methyl/N-ethyl adjacent to an activating group) is 1. The third kappa shape index (κ3) is 2.76. The summed E-state index contributed by atoms with van der Waals surface area (Å²) in [5.74, 6) is 0.775. The molecule has 3 rings (SSSR count). The molecular formula is C19H29NO. The van der Waals surface area contributed by atoms with Crippen LogP contribution in [0.3, 0.4) is 0 Å². The number of nitrogens with one attached hydrogen (secondary N) is 1. The fourth-order valence-corrected chi connectivity index (χ4v) is 4.34. The molecule has 1 atom stereocenters. The lowest BCUT2D eigenvalue weighted by molar-refractivity contribution is -0.0613. The smallest absolute Gasteiger partial charge is 0.0876 e. The van der Waals surface area contributed by atoms with E-state index >= 15 is 0 Å². The second-order valence-electron chi connectivity index (χ2n) is 6.68. The highest BCUT2D eigenvalue weighted by atomic mass is 16.5. The normalized spacial score (nSPS) is 23.0. The summed E-state index contributed by atoms with van der Waals surface area (Å²) in [4.78, 5) is 0. The highest BCUT2D eigenvalue weighted by molar-refractivity contribution is 5.36. The molecule has 116 valence electrons. The van der Waals surface area contributed by atoms with Crippen LogP contribution >= 0.6 is 0 Å². The average molecular weight is 287 g/mol. The number of hydrogen-bond donors (Lipinski definition) is 1. The number of benzene rings is 1. The zero-order valence-electron chi connectivity index (χ0n) is 13.5. The van der Waals surface area contributed by atoms with Crippen LogP contribution in [0.1, 0.15) is 75.0 Å². The summed E-state index contributed by atoms with van der Waals surface area (Å²) in [5.41, 5.74) is 3.05. The molecule has 2 fully saturated rings. The molecule has 0 radical (unpaired) electrons. The predicted octanol–water partition coefficient (Wildman–Crippen LogP) is 4.56. The van der Waals surface area contributed by atoms with Crippen LogP contribution < -0.4 is 5.32 Å². The van der Waals surface area contributed by atoms with Crippen molar-refractivity contribution in [2.45, 2.75) is 69.4 Å². The minimum atomic E-state index is 0.00332. The van der Waals surface area contributed by atoms with Crippen molar-refractivity contribution >= 4 is 0 Å². The molecule has 0 saturated heterocycles. The van der Waals surface area contributed by atoms with Gasteiger partial charge in [0, 0.05) is 6.61 Å². The van der Waals surface area contributed by atoms with Gasteiger partial charge in [0.1, 0.15) is 0 Å². The van der Waals surface area contributed by atoms with Crippen LogP contribution in [-0.4, -0.2) is 19.3 Å². The van der Waals surface area contributed by atoms with Crippen LogP contribution in [0.4, 0.5) is 0 Å². The van der Waals surface area contributed by atoms with Crippen molar-refractivity contribution in [3.05, 3.63) is 35.4 Å². The second kappa shape index (κ2) is 6.50. The van der Waals surface area contributed by atoms with Crippen molar-refractivity contribution in [3.63, 3.8) is 0 Å². The van der Waals surface area contributed by atoms with E-state index in [1.54, 1.807) is 5.56 Å². The minimum Gasteiger partial charge on any atom is -0.373 e. The average Bonchev–Trinajstić information content (AvgIpc) is 2.89. The molecule has 0 amide bonds. The van der Waals surface area contributed by atoms with Crippen molar-refractivity contribution in [2.24, 2.45) is 0 Å². The van der Waals surface area contributed by atoms with Crippen LogP contribution in [-0.2, 0) is 4.74 Å². The Bertz CT molecular complexity index is 460. The number of rotatable bonds is 6. The molecule has 2 aliphatic carbocycles. The van der Waals surface area contributed by atoms with Gasteiger partial charge in [0.25, 0.3) is 0 Å². The Hall–Kier alpha value is -0.860. The zero-order chi connectivity index (χ0) is 14.7. The fourth-order valence-electron chi connectivity index (χ4n) is 4.34. The predicted molar refractivity (Wildman–Crippen MR) is 87.7 cm³/mol. The van der Waals surface area contributed by atoms with Crippen LogP contribution in [0.15, 0.2) is 24.3 Å². The molecule has 21 heavy (non-hydrogen) atoms. The molecule has 0 bridgehead atoms. The molecule has 0 heterocycles. The number of ether oxygens (including phenoxy) is 1. The highest BCUT2D eigenvalue weighted by Crippen LogP contribution is 2.46. The van der Waals surface area contributed by atoms with E-state index in [-0.39, 0.29) is 5.60 Å². The quantitative estimate of drug-likeness (QED) is 0.828. The summed E-state index contributed by atoms with van der Waals surface area (Å²) in [7, 11) is 2.10. The largest absolute Gasteiger partial charge is 0.373 e. The van der Waals surface area contributed by atoms with Gasteiger partial charge >= 0.3 is 0 Å². The molecule has 1 aromatic rings. The van der Waals surface area contributed by atoms with Crippen LogP contribution in [0.5, 0.6) is 0 Å². The van der Waals surface area contributed by atoms with E-state index in [9.17, 15) is 0 Å². The Morgan fingerprint density at radius 3 is 2.48 bits per heavy atom. The summed E-state index contributed by atoms with van der Waals surface area (Å²) in [5, 5.41) is 3.60. The van der Waals surface area contributed by atoms with Gasteiger partial charge in [-0.3, -0.25) is 0 Å². The molecule has 2 nitrogen and oxygen atoms in total. The van der Waals surface area contributed by atoms with Gasteiger partial charge in [-0.2, -0.15) is 0 Å². The molecular weight excluding hydrogens is 258 g/mol. The van der Waals surface area contributed by atoms with Crippen LogP contribution in [0.2, 0.25) is 0 Å². The molecule has 2 saturated carbocycles. The Balaban J connectivity index is 1.95. The zero-order valence-corrected chi connectivity index (χ0v) is 13.5. The number of hydrogen-bond acceptors (Lipinski definition) is 2. The third-order valence-electron chi connectivity index (χ3n) is 5.55. The van der Waals surface area contributed by atoms with Gasteiger partial charge in [-0.05, 0) is 56.7 Å². The molecule has 2 heteroatoms. The molecule has 1 N–H and O–H groups in total. The van der Waals surface area contributed by atoms with Crippen molar-refractivity contribution in [1.29, 1.82) is 0 Å². The molecule has 2 aliphatic rings. The topological polar surface area (TPSA) is 21.3 Å². The van der Waals surface area contributed by atoms with E-state index in [4.69, 9.17) is 4.74 Å². The molecule has 0 aliphatic heterocycles. The van der Waals surface area contributed by atoms with E-state index in [1.807, 2.05) is 0 Å². The van der Waals surface area contributed by atoms with Crippen molar-refractivity contribution < 1.29 is 4.74 Å². The lowest BCUT2D eigenvalue weighted by Crippen LogP contribution is -2.43. The summed E-state index contributed by atoms with van der Waals surface area (Å²) in [6.45, 7) is 2.94. The minimum absolute atomic E-state index is 0.00332. The molecule has 0 spiro atoms. The maximum Gasteiger partial charge on any atom is 0.0876 e. The standard InChI is InChI=1S/C19H29NO/c1-3-21-19(13-6-7-14-19)18(20-2)17-12-5-4-11-16(17)15-9-8-10-15/h4-5,11-12,15,18,20H,3,6-10,13-14H2,1-2H3. The van der Waals surface area contributed by atoms with Crippen molar-refractivity contribution in [3.8, 4) is 0 Å². The SMILES string of the molecule is CCOC1(C(NC)c2ccccc2C2CCC2)CCCC1. The van der Waals surface area contributed by atoms with Gasteiger partial charge in [0.05, 0.1) is 11.6 Å². The maximum absolute atomic E-state index is 6.32. The van der Waals surface area contributed by atoms with Gasteiger partial charge in [-0.25, -0.2) is 0 Å². The molecule has 1 unspecified atom stereocenters. The van der Waals surface area contributed by atoms with Gasteiger partial charge in [-0.15, -0.1) is 0 Å². The highest BCUT2D eigenvalue weighted by Gasteiger charge is 2.43. The first-order valence-corrected chi connectivity index (χ1v) is 8.71. The fraction of sp³-hybridized carbons (Fsp3) is 0.684. The lowest BCUT2D eigenvalue weighted by Gasteiger charge is -2.40. The van der Waals surface area contributed by atoms with Crippen LogP contribution in [0, 0.1) is 0 Å². The molecule has 1 aromatic carbocycles. The lowest BCUT2D eigenvalue weighted by atomic mass is 9.74. The summed E-state index contributed by atoms with van der Waals surface area (Å²) in [6, 6.07) is 9.39. The second-order valence-corrected chi connectivity index (χ2v) is 6.68. The first-order chi connectivity index (χ1) is 10.3. The summed E-state index contributed by atoms with van der Waals surface area (Å²) in [6.07, 6.45) is 9.06. The van der Waals surface area contributed by atoms with E-state index in [0.717, 1.165) is 12.5 Å². The van der Waals surface area contributed by atoms with E-state index in [2.05, 4.69) is 43.6 Å². The van der Waals surface area contributed by atoms with Gasteiger partial charge in [0.2, 0.25) is 0 Å². The Morgan fingerprint density at radius 1 is 1.19 bits per heavy atom. The van der Waals surface area contributed by atoms with E-state index in [0.29, 0.717) is 6.04 Å². The summed E-state index contributed by atoms with van der Waals surface area (Å²) < 4.78 is 6.32. The monoisotopic (exact) mass is 287 g/mol. The Kier molecular flexibility index (Phi) is 4.66. The van der Waals surface area contributed by atoms with Gasteiger partial charge in [-0.1, -0.05) is 43.5 Å². The van der Waals surface area contributed by atoms with Crippen LogP contribution in [0.25, 0.3) is 0 Å². The Labute approximate surface area is 129 Å². The van der Waals surface area contributed by atoms with E-state index < -0.39 is 0 Å². The van der Waals surface area contributed by atoms with Crippen molar-refractivity contribution in [1.82, 2.24) is 5.32 Å². The summed E-state index contributed by atoms with van der Waals surface area (Å²) >= 11 is 0. The maximum atomic E-state index is 6.32.